The number of nitrogens with one attached hydrogen (secondary N) is 2. The van der Waals surface area contributed by atoms with Crippen molar-refractivity contribution in [3.05, 3.63) is 35.7 Å². The summed E-state index contributed by atoms with van der Waals surface area (Å²) >= 11 is 0. The Morgan fingerprint density at radius 1 is 1.17 bits per heavy atom. The van der Waals surface area contributed by atoms with E-state index in [2.05, 4.69) is 35.5 Å². The Labute approximate surface area is 171 Å². The summed E-state index contributed by atoms with van der Waals surface area (Å²) in [5, 5.41) is 6.94. The summed E-state index contributed by atoms with van der Waals surface area (Å²) in [4.78, 5) is 14.0. The number of nitrogen functional groups attached to an aromatic ring is 1. The van der Waals surface area contributed by atoms with Crippen LogP contribution < -0.4 is 22.1 Å². The van der Waals surface area contributed by atoms with Crippen molar-refractivity contribution in [1.82, 2.24) is 19.5 Å². The average Bonchev–Trinajstić information content (AvgIpc) is 3.13. The second-order valence-corrected chi connectivity index (χ2v) is 7.91. The van der Waals surface area contributed by atoms with Gasteiger partial charge in [0, 0.05) is 30.9 Å². The summed E-state index contributed by atoms with van der Waals surface area (Å²) < 4.78 is 2.03. The number of benzene rings is 1. The fourth-order valence-electron chi connectivity index (χ4n) is 3.88. The number of nitrogens with two attached hydrogens (primary N) is 2. The van der Waals surface area contributed by atoms with Crippen molar-refractivity contribution >= 4 is 28.6 Å². The number of fused-ring (bicyclic) bond motifs is 1. The zero-order chi connectivity index (χ0) is 20.4. The molecule has 1 saturated carbocycles. The van der Waals surface area contributed by atoms with E-state index in [0.717, 1.165) is 60.5 Å². The van der Waals surface area contributed by atoms with Crippen LogP contribution >= 0.6 is 0 Å². The molecule has 1 aliphatic carbocycles. The number of aromatic nitrogens is 4. The lowest BCUT2D eigenvalue weighted by atomic mass is 9.92. The zero-order valence-electron chi connectivity index (χ0n) is 17.2. The number of aryl methyl sites for hydroxylation is 2. The van der Waals surface area contributed by atoms with Gasteiger partial charge in [-0.1, -0.05) is 17.7 Å². The van der Waals surface area contributed by atoms with E-state index < -0.39 is 0 Å². The third-order valence-corrected chi connectivity index (χ3v) is 5.65. The number of nitrogens with zero attached hydrogens (tertiary/aromatic N) is 4. The highest BCUT2D eigenvalue weighted by molar-refractivity contribution is 5.84. The van der Waals surface area contributed by atoms with Crippen LogP contribution in [0.2, 0.25) is 0 Å². The summed E-state index contributed by atoms with van der Waals surface area (Å²) in [7, 11) is 0. The average molecular weight is 395 g/mol. The molecule has 0 bridgehead atoms. The highest BCUT2D eigenvalue weighted by Gasteiger charge is 2.20. The molecule has 29 heavy (non-hydrogen) atoms. The van der Waals surface area contributed by atoms with E-state index in [1.54, 1.807) is 0 Å². The number of hydrogen-bond donors (Lipinski definition) is 4. The second-order valence-electron chi connectivity index (χ2n) is 7.91. The topological polar surface area (TPSA) is 120 Å². The van der Waals surface area contributed by atoms with Crippen molar-refractivity contribution in [3.63, 3.8) is 0 Å². The summed E-state index contributed by atoms with van der Waals surface area (Å²) in [6, 6.07) is 6.72. The third-order valence-electron chi connectivity index (χ3n) is 5.65. The molecule has 0 aliphatic heterocycles. The first-order chi connectivity index (χ1) is 14.0. The molecule has 154 valence electrons. The quantitative estimate of drug-likeness (QED) is 0.474. The van der Waals surface area contributed by atoms with Gasteiger partial charge >= 0.3 is 0 Å². The molecule has 1 aromatic carbocycles. The highest BCUT2D eigenvalue weighted by atomic mass is 15.2. The van der Waals surface area contributed by atoms with E-state index in [1.807, 2.05) is 23.0 Å². The Bertz CT molecular complexity index is 988. The second kappa shape index (κ2) is 8.24. The minimum atomic E-state index is 0.315. The van der Waals surface area contributed by atoms with Gasteiger partial charge < -0.3 is 26.7 Å². The molecule has 3 aromatic rings. The van der Waals surface area contributed by atoms with Crippen LogP contribution in [-0.2, 0) is 13.1 Å². The standard InChI is InChI=1S/C21H30N8/c1-3-29-12-25-18-19(24-11-14-10-13(2)4-9-17(14)23)27-21(28-20(18)29)26-16-7-5-15(22)6-8-16/h4,9-10,12,15-16H,3,5-8,11,22-23H2,1-2H3,(H2,24,26,27,28). The predicted molar refractivity (Wildman–Crippen MR) is 118 cm³/mol. The molecule has 8 heteroatoms. The number of anilines is 3. The van der Waals surface area contributed by atoms with Gasteiger partial charge in [-0.3, -0.25) is 0 Å². The molecule has 1 aliphatic rings. The molecule has 2 heterocycles. The summed E-state index contributed by atoms with van der Waals surface area (Å²) in [6.07, 6.45) is 5.96. The lowest BCUT2D eigenvalue weighted by molar-refractivity contribution is 0.410. The van der Waals surface area contributed by atoms with E-state index in [0.29, 0.717) is 24.6 Å². The van der Waals surface area contributed by atoms with Crippen LogP contribution in [0.4, 0.5) is 17.5 Å². The van der Waals surface area contributed by atoms with E-state index >= 15 is 0 Å². The first-order valence-electron chi connectivity index (χ1n) is 10.4. The normalized spacial score (nSPS) is 19.4. The van der Waals surface area contributed by atoms with Crippen molar-refractivity contribution in [3.8, 4) is 0 Å². The van der Waals surface area contributed by atoms with E-state index in [-0.39, 0.29) is 0 Å². The molecule has 6 N–H and O–H groups in total. The summed E-state index contributed by atoms with van der Waals surface area (Å²) in [5.74, 6) is 1.35. The van der Waals surface area contributed by atoms with Gasteiger partial charge in [0.1, 0.15) is 0 Å². The van der Waals surface area contributed by atoms with Gasteiger partial charge in [-0.2, -0.15) is 9.97 Å². The molecular formula is C21H30N8. The molecule has 8 nitrogen and oxygen atoms in total. The Balaban J connectivity index is 1.61. The maximum absolute atomic E-state index is 6.14. The van der Waals surface area contributed by atoms with Gasteiger partial charge in [0.05, 0.1) is 6.33 Å². The minimum Gasteiger partial charge on any atom is -0.398 e. The lowest BCUT2D eigenvalue weighted by Gasteiger charge is -2.26. The van der Waals surface area contributed by atoms with E-state index in [9.17, 15) is 0 Å². The SMILES string of the molecule is CCn1cnc2c(NCc3cc(C)ccc3N)nc(NC3CCC(N)CC3)nc21. The molecule has 0 spiro atoms. The monoisotopic (exact) mass is 394 g/mol. The highest BCUT2D eigenvalue weighted by Crippen LogP contribution is 2.25. The van der Waals surface area contributed by atoms with Gasteiger partial charge in [0.15, 0.2) is 17.0 Å². The molecule has 0 saturated heterocycles. The molecule has 2 aromatic heterocycles. The lowest BCUT2D eigenvalue weighted by Crippen LogP contribution is -2.33. The Hall–Kier alpha value is -2.87. The van der Waals surface area contributed by atoms with Crippen molar-refractivity contribution in [2.45, 2.75) is 64.7 Å². The maximum Gasteiger partial charge on any atom is 0.227 e. The van der Waals surface area contributed by atoms with Crippen molar-refractivity contribution in [2.75, 3.05) is 16.4 Å². The third kappa shape index (κ3) is 4.27. The fourth-order valence-corrected chi connectivity index (χ4v) is 3.88. The first-order valence-corrected chi connectivity index (χ1v) is 10.4. The molecular weight excluding hydrogens is 364 g/mol. The Morgan fingerprint density at radius 3 is 2.72 bits per heavy atom. The van der Waals surface area contributed by atoms with E-state index in [1.165, 1.54) is 5.56 Å². The molecule has 1 fully saturated rings. The van der Waals surface area contributed by atoms with Crippen LogP contribution in [0.5, 0.6) is 0 Å². The molecule has 0 radical (unpaired) electrons. The van der Waals surface area contributed by atoms with Gasteiger partial charge in [-0.05, 0) is 51.2 Å². The predicted octanol–water partition coefficient (Wildman–Crippen LogP) is 3.03. The van der Waals surface area contributed by atoms with Crippen LogP contribution in [0.15, 0.2) is 24.5 Å². The van der Waals surface area contributed by atoms with Crippen LogP contribution in [0.25, 0.3) is 11.2 Å². The number of imidazole rings is 1. The number of hydrogen-bond acceptors (Lipinski definition) is 7. The maximum atomic E-state index is 6.14. The Morgan fingerprint density at radius 2 is 1.97 bits per heavy atom. The molecule has 0 unspecified atom stereocenters. The summed E-state index contributed by atoms with van der Waals surface area (Å²) in [5.41, 5.74) is 16.8. The van der Waals surface area contributed by atoms with Crippen molar-refractivity contribution < 1.29 is 0 Å². The van der Waals surface area contributed by atoms with Crippen LogP contribution in [-0.4, -0.2) is 31.6 Å². The minimum absolute atomic E-state index is 0.315. The zero-order valence-corrected chi connectivity index (χ0v) is 17.2. The van der Waals surface area contributed by atoms with Gasteiger partial charge in [-0.25, -0.2) is 4.98 Å². The van der Waals surface area contributed by atoms with Gasteiger partial charge in [0.2, 0.25) is 5.95 Å². The largest absolute Gasteiger partial charge is 0.398 e. The van der Waals surface area contributed by atoms with E-state index in [4.69, 9.17) is 21.4 Å². The van der Waals surface area contributed by atoms with Crippen LogP contribution in [0.1, 0.15) is 43.7 Å². The molecule has 0 amide bonds. The van der Waals surface area contributed by atoms with Crippen LogP contribution in [0.3, 0.4) is 0 Å². The fraction of sp³-hybridized carbons (Fsp3) is 0.476. The molecule has 0 atom stereocenters. The first kappa shape index (κ1) is 19.4. The van der Waals surface area contributed by atoms with Crippen LogP contribution in [0, 0.1) is 6.92 Å². The molecule has 4 rings (SSSR count). The van der Waals surface area contributed by atoms with Gasteiger partial charge in [-0.15, -0.1) is 0 Å². The van der Waals surface area contributed by atoms with Gasteiger partial charge in [0.25, 0.3) is 0 Å². The summed E-state index contributed by atoms with van der Waals surface area (Å²) in [6.45, 7) is 5.53. The smallest absolute Gasteiger partial charge is 0.227 e. The Kier molecular flexibility index (Phi) is 5.53. The number of rotatable bonds is 6. The van der Waals surface area contributed by atoms with Crippen molar-refractivity contribution in [2.24, 2.45) is 5.73 Å². The van der Waals surface area contributed by atoms with Crippen molar-refractivity contribution in [1.29, 1.82) is 0 Å².